The van der Waals surface area contributed by atoms with E-state index in [0.717, 1.165) is 5.56 Å². The van der Waals surface area contributed by atoms with Crippen LogP contribution in [-0.2, 0) is 14.6 Å². The van der Waals surface area contributed by atoms with Crippen LogP contribution in [0.3, 0.4) is 0 Å². The smallest absolute Gasteiger partial charge is 0.240 e. The third-order valence-corrected chi connectivity index (χ3v) is 5.93. The first kappa shape index (κ1) is 14.5. The molecule has 1 aliphatic rings. The van der Waals surface area contributed by atoms with Crippen molar-refractivity contribution in [2.75, 3.05) is 18.0 Å². The van der Waals surface area contributed by atoms with Crippen molar-refractivity contribution in [2.24, 2.45) is 5.73 Å². The molecule has 1 aliphatic heterocycles. The van der Waals surface area contributed by atoms with Gasteiger partial charge in [-0.1, -0.05) is 0 Å². The molecular formula is C12H15BrN2O3S. The largest absolute Gasteiger partial charge is 0.322 e. The number of nitrogens with zero attached hydrogens (tertiary/aromatic N) is 1. The van der Waals surface area contributed by atoms with Crippen LogP contribution in [0.4, 0.5) is 5.69 Å². The summed E-state index contributed by atoms with van der Waals surface area (Å²) in [6.45, 7) is 3.40. The summed E-state index contributed by atoms with van der Waals surface area (Å²) in [5.41, 5.74) is 6.62. The van der Waals surface area contributed by atoms with Crippen molar-refractivity contribution < 1.29 is 13.2 Å². The van der Waals surface area contributed by atoms with Crippen molar-refractivity contribution in [3.05, 3.63) is 22.2 Å². The molecule has 0 saturated heterocycles. The minimum Gasteiger partial charge on any atom is -0.322 e. The fourth-order valence-corrected chi connectivity index (χ4v) is 4.72. The number of benzene rings is 1. The minimum atomic E-state index is -3.41. The van der Waals surface area contributed by atoms with E-state index in [1.807, 2.05) is 6.92 Å². The van der Waals surface area contributed by atoms with Crippen LogP contribution in [0.25, 0.3) is 0 Å². The number of nitrogens with two attached hydrogens (primary N) is 1. The molecule has 0 spiro atoms. The maximum absolute atomic E-state index is 12.4. The zero-order valence-electron chi connectivity index (χ0n) is 10.7. The number of rotatable bonds is 1. The molecule has 1 heterocycles. The summed E-state index contributed by atoms with van der Waals surface area (Å²) < 4.78 is 25.3. The number of aryl methyl sites for hydroxylation is 1. The van der Waals surface area contributed by atoms with Gasteiger partial charge in [-0.2, -0.15) is 0 Å². The van der Waals surface area contributed by atoms with E-state index in [2.05, 4.69) is 15.9 Å². The summed E-state index contributed by atoms with van der Waals surface area (Å²) in [5.74, 6) is -0.285. The molecule has 104 valence electrons. The van der Waals surface area contributed by atoms with E-state index in [0.29, 0.717) is 10.2 Å². The van der Waals surface area contributed by atoms with E-state index in [1.54, 1.807) is 19.1 Å². The van der Waals surface area contributed by atoms with Gasteiger partial charge in [0.15, 0.2) is 9.84 Å². The number of hydrogen-bond donors (Lipinski definition) is 1. The predicted octanol–water partition coefficient (Wildman–Crippen LogP) is 1.23. The van der Waals surface area contributed by atoms with Crippen molar-refractivity contribution in [3.63, 3.8) is 0 Å². The number of hydrogen-bond acceptors (Lipinski definition) is 4. The van der Waals surface area contributed by atoms with Crippen molar-refractivity contribution in [1.29, 1.82) is 0 Å². The summed E-state index contributed by atoms with van der Waals surface area (Å²) >= 11 is 3.34. The lowest BCUT2D eigenvalue weighted by Crippen LogP contribution is -2.46. The zero-order valence-corrected chi connectivity index (χ0v) is 13.1. The lowest BCUT2D eigenvalue weighted by Gasteiger charge is -2.33. The molecule has 1 aromatic carbocycles. The van der Waals surface area contributed by atoms with Crippen molar-refractivity contribution in [3.8, 4) is 0 Å². The lowest BCUT2D eigenvalue weighted by atomic mass is 10.2. The number of sulfone groups is 1. The summed E-state index contributed by atoms with van der Waals surface area (Å²) in [7, 11) is -3.41. The van der Waals surface area contributed by atoms with Crippen LogP contribution in [0.5, 0.6) is 0 Å². The first-order chi connectivity index (χ1) is 8.78. The predicted molar refractivity (Wildman–Crippen MR) is 76.9 cm³/mol. The van der Waals surface area contributed by atoms with E-state index in [-0.39, 0.29) is 23.9 Å². The van der Waals surface area contributed by atoms with E-state index in [4.69, 9.17) is 5.73 Å². The molecule has 0 saturated carbocycles. The van der Waals surface area contributed by atoms with Gasteiger partial charge in [-0.15, -0.1) is 0 Å². The third kappa shape index (κ3) is 2.30. The molecule has 1 atom stereocenters. The summed E-state index contributed by atoms with van der Waals surface area (Å²) in [6.07, 6.45) is 0. The maximum atomic E-state index is 12.4. The van der Waals surface area contributed by atoms with Crippen molar-refractivity contribution in [2.45, 2.75) is 24.0 Å². The standard InChI is InChI=1S/C12H15BrN2O3S/c1-7-3-9(13)12-10(4-7)19(17,18)8(2)6-15(12)11(16)5-14/h3-4,8H,5-6,14H2,1-2H3. The van der Waals surface area contributed by atoms with Crippen LogP contribution in [0.15, 0.2) is 21.5 Å². The third-order valence-electron chi connectivity index (χ3n) is 3.19. The van der Waals surface area contributed by atoms with Gasteiger partial charge in [0.2, 0.25) is 5.91 Å². The molecule has 0 aliphatic carbocycles. The van der Waals surface area contributed by atoms with E-state index in [1.165, 1.54) is 4.90 Å². The lowest BCUT2D eigenvalue weighted by molar-refractivity contribution is -0.117. The number of amides is 1. The molecule has 1 unspecified atom stereocenters. The summed E-state index contributed by atoms with van der Waals surface area (Å²) in [6, 6.07) is 3.39. The highest BCUT2D eigenvalue weighted by atomic mass is 79.9. The van der Waals surface area contributed by atoms with Gasteiger partial charge in [0.25, 0.3) is 0 Å². The number of carbonyl (C=O) groups is 1. The Morgan fingerprint density at radius 2 is 2.16 bits per heavy atom. The molecule has 1 aromatic rings. The highest BCUT2D eigenvalue weighted by Gasteiger charge is 2.38. The molecule has 5 nitrogen and oxygen atoms in total. The maximum Gasteiger partial charge on any atom is 0.240 e. The summed E-state index contributed by atoms with van der Waals surface area (Å²) in [5, 5.41) is -0.635. The number of carbonyl (C=O) groups excluding carboxylic acids is 1. The topological polar surface area (TPSA) is 80.5 Å². The fraction of sp³-hybridized carbons (Fsp3) is 0.417. The molecular weight excluding hydrogens is 332 g/mol. The van der Waals surface area contributed by atoms with Crippen LogP contribution >= 0.6 is 15.9 Å². The van der Waals surface area contributed by atoms with Crippen LogP contribution in [-0.4, -0.2) is 32.7 Å². The average Bonchev–Trinajstić information content (AvgIpc) is 2.33. The van der Waals surface area contributed by atoms with E-state index >= 15 is 0 Å². The molecule has 0 aromatic heterocycles. The average molecular weight is 347 g/mol. The van der Waals surface area contributed by atoms with Gasteiger partial charge >= 0.3 is 0 Å². The Bertz CT molecular complexity index is 643. The van der Waals surface area contributed by atoms with Gasteiger partial charge < -0.3 is 10.6 Å². The minimum absolute atomic E-state index is 0.132. The second-order valence-electron chi connectivity index (χ2n) is 4.66. The number of anilines is 1. The van der Waals surface area contributed by atoms with Crippen LogP contribution < -0.4 is 10.6 Å². The van der Waals surface area contributed by atoms with Crippen LogP contribution in [0.2, 0.25) is 0 Å². The highest BCUT2D eigenvalue weighted by Crippen LogP contribution is 2.40. The first-order valence-electron chi connectivity index (χ1n) is 5.83. The molecule has 2 N–H and O–H groups in total. The van der Waals surface area contributed by atoms with Gasteiger partial charge in [0.1, 0.15) is 0 Å². The van der Waals surface area contributed by atoms with E-state index in [9.17, 15) is 13.2 Å². The Labute approximate surface area is 120 Å². The molecule has 7 heteroatoms. The normalized spacial score (nSPS) is 21.1. The summed E-state index contributed by atoms with van der Waals surface area (Å²) in [4.78, 5) is 13.6. The number of fused-ring (bicyclic) bond motifs is 1. The molecule has 0 fully saturated rings. The molecule has 0 radical (unpaired) electrons. The quantitative estimate of drug-likeness (QED) is 0.829. The number of halogens is 1. The SMILES string of the molecule is Cc1cc(Br)c2c(c1)S(=O)(=O)C(C)CN2C(=O)CN. The van der Waals surface area contributed by atoms with Gasteiger partial charge in [-0.3, -0.25) is 4.79 Å². The second kappa shape index (κ2) is 4.88. The molecule has 1 amide bonds. The molecule has 0 bridgehead atoms. The van der Waals surface area contributed by atoms with Crippen molar-refractivity contribution in [1.82, 2.24) is 0 Å². The Morgan fingerprint density at radius 3 is 2.74 bits per heavy atom. The Hall–Kier alpha value is -0.920. The zero-order chi connectivity index (χ0) is 14.4. The molecule has 19 heavy (non-hydrogen) atoms. The van der Waals surface area contributed by atoms with Crippen molar-refractivity contribution >= 4 is 37.4 Å². The fourth-order valence-electron chi connectivity index (χ4n) is 2.18. The Kier molecular flexibility index (Phi) is 3.72. The van der Waals surface area contributed by atoms with Gasteiger partial charge in [0.05, 0.1) is 22.4 Å². The molecule has 2 rings (SSSR count). The van der Waals surface area contributed by atoms with Gasteiger partial charge in [0, 0.05) is 11.0 Å². The van der Waals surface area contributed by atoms with Gasteiger partial charge in [-0.05, 0) is 47.5 Å². The highest BCUT2D eigenvalue weighted by molar-refractivity contribution is 9.10. The van der Waals surface area contributed by atoms with E-state index < -0.39 is 15.1 Å². The Balaban J connectivity index is 2.75. The second-order valence-corrected chi connectivity index (χ2v) is 7.85. The Morgan fingerprint density at radius 1 is 1.53 bits per heavy atom. The monoisotopic (exact) mass is 346 g/mol. The van der Waals surface area contributed by atoms with Crippen LogP contribution in [0, 0.1) is 6.92 Å². The van der Waals surface area contributed by atoms with Gasteiger partial charge in [-0.25, -0.2) is 8.42 Å². The first-order valence-corrected chi connectivity index (χ1v) is 8.17. The van der Waals surface area contributed by atoms with Crippen LogP contribution in [0.1, 0.15) is 12.5 Å².